The molecule has 0 aliphatic heterocycles. The number of benzene rings is 3. The Labute approximate surface area is 195 Å². The molecule has 1 aliphatic rings. The number of para-hydroxylation sites is 1. The Morgan fingerprint density at radius 3 is 2.45 bits per heavy atom. The van der Waals surface area contributed by atoms with E-state index in [9.17, 15) is 9.90 Å². The van der Waals surface area contributed by atoms with Gasteiger partial charge in [0.05, 0.1) is 6.61 Å². The summed E-state index contributed by atoms with van der Waals surface area (Å²) in [5.41, 5.74) is 4.65. The van der Waals surface area contributed by atoms with Gasteiger partial charge in [-0.2, -0.15) is 0 Å². The van der Waals surface area contributed by atoms with Crippen LogP contribution in [0.1, 0.15) is 23.1 Å². The van der Waals surface area contributed by atoms with Gasteiger partial charge < -0.3 is 25.4 Å². The maximum atomic E-state index is 12.6. The number of fused-ring (bicyclic) bond motifs is 1. The van der Waals surface area contributed by atoms with Gasteiger partial charge in [0, 0.05) is 23.5 Å². The molecule has 4 rings (SSSR count). The summed E-state index contributed by atoms with van der Waals surface area (Å²) in [5.74, 6) is 1.92. The van der Waals surface area contributed by atoms with Gasteiger partial charge in [0.2, 0.25) is 0 Å². The molecule has 0 radical (unpaired) electrons. The third-order valence-corrected chi connectivity index (χ3v) is 5.88. The second kappa shape index (κ2) is 10.5. The Morgan fingerprint density at radius 2 is 1.73 bits per heavy atom. The highest BCUT2D eigenvalue weighted by molar-refractivity contribution is 5.99. The van der Waals surface area contributed by atoms with Gasteiger partial charge in [-0.1, -0.05) is 24.3 Å². The molecule has 0 spiro atoms. The van der Waals surface area contributed by atoms with Crippen LogP contribution in [0.25, 0.3) is 0 Å². The Morgan fingerprint density at radius 1 is 1.00 bits per heavy atom. The minimum atomic E-state index is -0.322. The largest absolute Gasteiger partial charge is 0.457 e. The molecule has 0 bridgehead atoms. The van der Waals surface area contributed by atoms with Gasteiger partial charge in [0.1, 0.15) is 11.5 Å². The average Bonchev–Trinajstić information content (AvgIpc) is 2.80. The van der Waals surface area contributed by atoms with Gasteiger partial charge in [-0.25, -0.2) is 4.79 Å². The van der Waals surface area contributed by atoms with E-state index in [1.165, 1.54) is 17.5 Å². The second-order valence-electron chi connectivity index (χ2n) is 8.83. The number of anilines is 2. The van der Waals surface area contributed by atoms with E-state index in [0.717, 1.165) is 25.1 Å². The highest BCUT2D eigenvalue weighted by atomic mass is 16.5. The summed E-state index contributed by atoms with van der Waals surface area (Å²) in [4.78, 5) is 14.8. The monoisotopic (exact) mass is 445 g/mol. The van der Waals surface area contributed by atoms with Crippen LogP contribution in [-0.2, 0) is 19.4 Å². The van der Waals surface area contributed by atoms with Gasteiger partial charge in [-0.15, -0.1) is 0 Å². The molecule has 1 aliphatic carbocycles. The summed E-state index contributed by atoms with van der Waals surface area (Å²) in [6.45, 7) is 0.909. The number of hydrogen-bond acceptors (Lipinski definition) is 4. The van der Waals surface area contributed by atoms with Crippen LogP contribution in [0.15, 0.2) is 66.7 Å². The van der Waals surface area contributed by atoms with Crippen molar-refractivity contribution < 1.29 is 14.6 Å². The van der Waals surface area contributed by atoms with Crippen molar-refractivity contribution in [3.8, 4) is 11.5 Å². The standard InChI is InChI=1S/C27H31N3O3/c1-30(2)17-19-8-9-21-15-23(11-10-20(21)14-19)28-27(32)29-24-12-13-26(22(16-24)18-31)33-25-6-4-3-5-7-25/h3-7,10-13,15-16,19,31H,8-9,14,17-18H2,1-2H3,(H2,28,29,32). The quantitative estimate of drug-likeness (QED) is 0.462. The van der Waals surface area contributed by atoms with E-state index >= 15 is 0 Å². The van der Waals surface area contributed by atoms with E-state index < -0.39 is 0 Å². The zero-order chi connectivity index (χ0) is 23.2. The summed E-state index contributed by atoms with van der Waals surface area (Å²) in [5, 5.41) is 15.5. The van der Waals surface area contributed by atoms with Crippen molar-refractivity contribution in [3.05, 3.63) is 83.4 Å². The summed E-state index contributed by atoms with van der Waals surface area (Å²) >= 11 is 0. The minimum absolute atomic E-state index is 0.195. The van der Waals surface area contributed by atoms with Gasteiger partial charge in [0.25, 0.3) is 0 Å². The van der Waals surface area contributed by atoms with Crippen LogP contribution in [0.3, 0.4) is 0 Å². The van der Waals surface area contributed by atoms with Crippen molar-refractivity contribution in [2.24, 2.45) is 5.92 Å². The van der Waals surface area contributed by atoms with Crippen molar-refractivity contribution in [1.29, 1.82) is 0 Å². The highest BCUT2D eigenvalue weighted by Gasteiger charge is 2.19. The van der Waals surface area contributed by atoms with Crippen molar-refractivity contribution in [2.45, 2.75) is 25.9 Å². The fraction of sp³-hybridized carbons (Fsp3) is 0.296. The molecule has 0 saturated carbocycles. The second-order valence-corrected chi connectivity index (χ2v) is 8.83. The maximum absolute atomic E-state index is 12.6. The Bertz CT molecular complexity index is 1100. The Hall–Kier alpha value is -3.35. The number of urea groups is 1. The molecule has 172 valence electrons. The number of rotatable bonds is 7. The maximum Gasteiger partial charge on any atom is 0.323 e. The molecule has 3 aromatic rings. The first-order chi connectivity index (χ1) is 16.0. The van der Waals surface area contributed by atoms with Crippen LogP contribution in [-0.4, -0.2) is 36.7 Å². The molecular formula is C27H31N3O3. The number of ether oxygens (including phenoxy) is 1. The molecule has 0 aromatic heterocycles. The van der Waals surface area contributed by atoms with E-state index in [2.05, 4.69) is 41.8 Å². The fourth-order valence-corrected chi connectivity index (χ4v) is 4.37. The first-order valence-electron chi connectivity index (χ1n) is 11.3. The number of carbonyl (C=O) groups is 1. The Kier molecular flexibility index (Phi) is 7.27. The van der Waals surface area contributed by atoms with E-state index in [-0.39, 0.29) is 12.6 Å². The van der Waals surface area contributed by atoms with Crippen molar-refractivity contribution in [3.63, 3.8) is 0 Å². The number of nitrogens with zero attached hydrogens (tertiary/aromatic N) is 1. The zero-order valence-electron chi connectivity index (χ0n) is 19.2. The van der Waals surface area contributed by atoms with Crippen LogP contribution < -0.4 is 15.4 Å². The topological polar surface area (TPSA) is 73.8 Å². The summed E-state index contributed by atoms with van der Waals surface area (Å²) in [6.07, 6.45) is 3.29. The van der Waals surface area contributed by atoms with Crippen molar-refractivity contribution in [2.75, 3.05) is 31.3 Å². The predicted octanol–water partition coefficient (Wildman–Crippen LogP) is 5.28. The average molecular weight is 446 g/mol. The summed E-state index contributed by atoms with van der Waals surface area (Å²) < 4.78 is 5.85. The van der Waals surface area contributed by atoms with Crippen LogP contribution in [0.5, 0.6) is 11.5 Å². The molecule has 33 heavy (non-hydrogen) atoms. The molecular weight excluding hydrogens is 414 g/mol. The first-order valence-corrected chi connectivity index (χ1v) is 11.3. The third kappa shape index (κ3) is 6.12. The molecule has 1 atom stereocenters. The van der Waals surface area contributed by atoms with E-state index in [1.54, 1.807) is 18.2 Å². The van der Waals surface area contributed by atoms with Crippen molar-refractivity contribution >= 4 is 17.4 Å². The molecule has 0 heterocycles. The lowest BCUT2D eigenvalue weighted by molar-refractivity contribution is 0.262. The lowest BCUT2D eigenvalue weighted by atomic mass is 9.83. The summed E-state index contributed by atoms with van der Waals surface area (Å²) in [6, 6.07) is 20.5. The molecule has 6 nitrogen and oxygen atoms in total. The van der Waals surface area contributed by atoms with Gasteiger partial charge in [-0.3, -0.25) is 0 Å². The SMILES string of the molecule is CN(C)CC1CCc2cc(NC(=O)Nc3ccc(Oc4ccccc4)c(CO)c3)ccc2C1. The smallest absolute Gasteiger partial charge is 0.323 e. The molecule has 1 unspecified atom stereocenters. The fourth-order valence-electron chi connectivity index (χ4n) is 4.37. The Balaban J connectivity index is 1.38. The molecule has 0 saturated heterocycles. The molecule has 2 amide bonds. The van der Waals surface area contributed by atoms with Crippen molar-refractivity contribution in [1.82, 2.24) is 4.90 Å². The van der Waals surface area contributed by atoms with Gasteiger partial charge in [-0.05, 0) is 92.9 Å². The number of carbonyl (C=O) groups excluding carboxylic acids is 1. The van der Waals surface area contributed by atoms with Crippen LogP contribution in [0.4, 0.5) is 16.2 Å². The normalized spacial score (nSPS) is 15.1. The zero-order valence-corrected chi connectivity index (χ0v) is 19.2. The van der Waals surface area contributed by atoms with Crippen LogP contribution in [0.2, 0.25) is 0 Å². The minimum Gasteiger partial charge on any atom is -0.457 e. The number of amides is 2. The van der Waals surface area contributed by atoms with E-state index in [4.69, 9.17) is 4.74 Å². The molecule has 6 heteroatoms. The summed E-state index contributed by atoms with van der Waals surface area (Å²) in [7, 11) is 4.24. The number of aliphatic hydroxyl groups is 1. The number of hydrogen-bond donors (Lipinski definition) is 3. The number of nitrogens with one attached hydrogen (secondary N) is 2. The van der Waals surface area contributed by atoms with Crippen LogP contribution in [0, 0.1) is 5.92 Å². The predicted molar refractivity (Wildman–Crippen MR) is 132 cm³/mol. The van der Waals surface area contributed by atoms with Gasteiger partial charge in [0.15, 0.2) is 0 Å². The van der Waals surface area contributed by atoms with E-state index in [0.29, 0.717) is 28.7 Å². The molecule has 3 aromatic carbocycles. The third-order valence-electron chi connectivity index (χ3n) is 5.88. The van der Waals surface area contributed by atoms with E-state index in [1.807, 2.05) is 36.4 Å². The lowest BCUT2D eigenvalue weighted by Crippen LogP contribution is -2.26. The lowest BCUT2D eigenvalue weighted by Gasteiger charge is -2.27. The van der Waals surface area contributed by atoms with Crippen LogP contribution >= 0.6 is 0 Å². The van der Waals surface area contributed by atoms with Gasteiger partial charge >= 0.3 is 6.03 Å². The highest BCUT2D eigenvalue weighted by Crippen LogP contribution is 2.29. The number of aliphatic hydroxyl groups excluding tert-OH is 1. The number of aryl methyl sites for hydroxylation is 1. The molecule has 0 fully saturated rings. The first kappa shape index (κ1) is 22.8. The molecule has 3 N–H and O–H groups in total.